The minimum absolute atomic E-state index is 0.00499. The average molecular weight is 370 g/mol. The number of nitrogens with two attached hydrogens (primary N) is 1. The number of primary amides is 1. The van der Waals surface area contributed by atoms with Crippen molar-refractivity contribution in [3.8, 4) is 17.1 Å². The number of amides is 1. The highest BCUT2D eigenvalue weighted by atomic mass is 19.2. The standard InChI is InChI=1S/C16H17F3N4O3/c1-2-25-16-14(8-5-10(17)13(19)11(18)6-8)21-22-23(16)9-3-4-26-12(7-9)15(20)24/h5-6,9,12H,2-4,7H2,1H3,(H2,20,24). The van der Waals surface area contributed by atoms with Crippen LogP contribution in [0.3, 0.4) is 0 Å². The van der Waals surface area contributed by atoms with Crippen LogP contribution in [0.15, 0.2) is 12.1 Å². The second-order valence-corrected chi connectivity index (χ2v) is 5.81. The summed E-state index contributed by atoms with van der Waals surface area (Å²) in [5, 5.41) is 7.94. The van der Waals surface area contributed by atoms with Crippen molar-refractivity contribution in [3.63, 3.8) is 0 Å². The maximum absolute atomic E-state index is 13.6. The smallest absolute Gasteiger partial charge is 0.246 e. The normalized spacial score (nSPS) is 20.2. The second-order valence-electron chi connectivity index (χ2n) is 5.81. The Morgan fingerprint density at radius 2 is 2.08 bits per heavy atom. The predicted molar refractivity (Wildman–Crippen MR) is 83.7 cm³/mol. The molecule has 2 unspecified atom stereocenters. The summed E-state index contributed by atoms with van der Waals surface area (Å²) in [5.74, 6) is -4.65. The first-order valence-electron chi connectivity index (χ1n) is 8.06. The number of halogens is 3. The van der Waals surface area contributed by atoms with Gasteiger partial charge in [0.25, 0.3) is 0 Å². The lowest BCUT2D eigenvalue weighted by Gasteiger charge is -2.28. The van der Waals surface area contributed by atoms with Gasteiger partial charge in [-0.1, -0.05) is 5.21 Å². The monoisotopic (exact) mass is 370 g/mol. The zero-order valence-corrected chi connectivity index (χ0v) is 13.9. The van der Waals surface area contributed by atoms with Crippen LogP contribution < -0.4 is 10.5 Å². The van der Waals surface area contributed by atoms with Crippen molar-refractivity contribution in [3.05, 3.63) is 29.6 Å². The van der Waals surface area contributed by atoms with E-state index in [4.69, 9.17) is 15.2 Å². The van der Waals surface area contributed by atoms with Crippen molar-refractivity contribution in [2.45, 2.75) is 31.9 Å². The Kier molecular flexibility index (Phi) is 5.12. The van der Waals surface area contributed by atoms with Crippen molar-refractivity contribution in [1.82, 2.24) is 15.0 Å². The minimum atomic E-state index is -1.56. The van der Waals surface area contributed by atoms with Crippen LogP contribution in [0.25, 0.3) is 11.3 Å². The molecule has 1 aromatic heterocycles. The van der Waals surface area contributed by atoms with Crippen LogP contribution in [0.4, 0.5) is 13.2 Å². The van der Waals surface area contributed by atoms with E-state index in [-0.39, 0.29) is 36.2 Å². The van der Waals surface area contributed by atoms with Crippen LogP contribution in [0, 0.1) is 17.5 Å². The average Bonchev–Trinajstić information content (AvgIpc) is 3.03. The zero-order valence-electron chi connectivity index (χ0n) is 13.9. The second kappa shape index (κ2) is 7.32. The molecule has 3 rings (SSSR count). The Balaban J connectivity index is 2.00. The van der Waals surface area contributed by atoms with Crippen LogP contribution in [-0.2, 0) is 9.53 Å². The van der Waals surface area contributed by atoms with Gasteiger partial charge in [0.1, 0.15) is 6.10 Å². The van der Waals surface area contributed by atoms with Crippen LogP contribution in [0.2, 0.25) is 0 Å². The highest BCUT2D eigenvalue weighted by Crippen LogP contribution is 2.35. The zero-order chi connectivity index (χ0) is 18.8. The maximum atomic E-state index is 13.6. The molecule has 2 heterocycles. The minimum Gasteiger partial charge on any atom is -0.477 e. The van der Waals surface area contributed by atoms with Crippen LogP contribution in [0.1, 0.15) is 25.8 Å². The first kappa shape index (κ1) is 18.2. The lowest BCUT2D eigenvalue weighted by atomic mass is 10.0. The number of carbonyl (C=O) groups is 1. The van der Waals surface area contributed by atoms with Crippen LogP contribution >= 0.6 is 0 Å². The molecule has 1 aliphatic rings. The number of hydrogen-bond acceptors (Lipinski definition) is 5. The molecule has 0 spiro atoms. The molecule has 1 aromatic carbocycles. The summed E-state index contributed by atoms with van der Waals surface area (Å²) in [6, 6.07) is 1.36. The highest BCUT2D eigenvalue weighted by molar-refractivity contribution is 5.78. The topological polar surface area (TPSA) is 92.3 Å². The molecule has 1 aliphatic heterocycles. The SMILES string of the molecule is CCOc1c(-c2cc(F)c(F)c(F)c2)nnn1C1CCOC(C(N)=O)C1. The molecule has 0 saturated carbocycles. The molecule has 0 aliphatic carbocycles. The third kappa shape index (κ3) is 3.36. The van der Waals surface area contributed by atoms with Gasteiger partial charge in [0.15, 0.2) is 23.1 Å². The van der Waals surface area contributed by atoms with Crippen molar-refractivity contribution in [2.75, 3.05) is 13.2 Å². The van der Waals surface area contributed by atoms with E-state index in [0.717, 1.165) is 12.1 Å². The fourth-order valence-corrected chi connectivity index (χ4v) is 2.87. The molecule has 140 valence electrons. The van der Waals surface area contributed by atoms with Gasteiger partial charge in [0, 0.05) is 18.6 Å². The molecule has 0 radical (unpaired) electrons. The molecule has 1 saturated heterocycles. The van der Waals surface area contributed by atoms with E-state index < -0.39 is 29.5 Å². The molecule has 1 amide bonds. The first-order valence-corrected chi connectivity index (χ1v) is 8.06. The number of carbonyl (C=O) groups excluding carboxylic acids is 1. The third-order valence-electron chi connectivity index (χ3n) is 4.11. The number of rotatable bonds is 5. The van der Waals surface area contributed by atoms with Crippen molar-refractivity contribution >= 4 is 5.91 Å². The molecule has 7 nitrogen and oxygen atoms in total. The van der Waals surface area contributed by atoms with Crippen molar-refractivity contribution in [2.24, 2.45) is 5.73 Å². The van der Waals surface area contributed by atoms with Gasteiger partial charge in [-0.2, -0.15) is 0 Å². The molecular formula is C16H17F3N4O3. The Bertz CT molecular complexity index is 804. The summed E-state index contributed by atoms with van der Waals surface area (Å²) in [4.78, 5) is 11.4. The van der Waals surface area contributed by atoms with Gasteiger partial charge < -0.3 is 15.2 Å². The summed E-state index contributed by atoms with van der Waals surface area (Å²) in [6.45, 7) is 2.26. The molecule has 2 aromatic rings. The fraction of sp³-hybridized carbons (Fsp3) is 0.438. The number of ether oxygens (including phenoxy) is 2. The summed E-state index contributed by atoms with van der Waals surface area (Å²) in [6.07, 6.45) is 0.0277. The van der Waals surface area contributed by atoms with E-state index in [1.165, 1.54) is 4.68 Å². The van der Waals surface area contributed by atoms with Gasteiger partial charge in [-0.15, -0.1) is 5.10 Å². The maximum Gasteiger partial charge on any atom is 0.246 e. The van der Waals surface area contributed by atoms with E-state index in [1.807, 2.05) is 0 Å². The fourth-order valence-electron chi connectivity index (χ4n) is 2.87. The molecule has 2 atom stereocenters. The first-order chi connectivity index (χ1) is 12.4. The van der Waals surface area contributed by atoms with E-state index in [0.29, 0.717) is 13.0 Å². The van der Waals surface area contributed by atoms with Gasteiger partial charge in [-0.05, 0) is 25.5 Å². The predicted octanol–water partition coefficient (Wildman–Crippen LogP) is 1.97. The Hall–Kier alpha value is -2.62. The van der Waals surface area contributed by atoms with Gasteiger partial charge in [0.05, 0.1) is 12.6 Å². The van der Waals surface area contributed by atoms with Gasteiger partial charge in [-0.25, -0.2) is 17.9 Å². The molecular weight excluding hydrogens is 353 g/mol. The molecule has 0 bridgehead atoms. The van der Waals surface area contributed by atoms with E-state index in [2.05, 4.69) is 10.3 Å². The molecule has 2 N–H and O–H groups in total. The van der Waals surface area contributed by atoms with Gasteiger partial charge in [0.2, 0.25) is 11.8 Å². The van der Waals surface area contributed by atoms with Gasteiger partial charge in [-0.3, -0.25) is 4.79 Å². The number of benzene rings is 1. The molecule has 26 heavy (non-hydrogen) atoms. The van der Waals surface area contributed by atoms with Crippen LogP contribution in [0.5, 0.6) is 5.88 Å². The quantitative estimate of drug-likeness (QED) is 0.813. The lowest BCUT2D eigenvalue weighted by molar-refractivity contribution is -0.133. The van der Waals surface area contributed by atoms with Crippen LogP contribution in [-0.4, -0.2) is 40.2 Å². The Labute approximate surface area is 146 Å². The third-order valence-corrected chi connectivity index (χ3v) is 4.11. The summed E-state index contributed by atoms with van der Waals surface area (Å²) >= 11 is 0. The van der Waals surface area contributed by atoms with E-state index in [1.54, 1.807) is 6.92 Å². The summed E-state index contributed by atoms with van der Waals surface area (Å²) in [7, 11) is 0. The van der Waals surface area contributed by atoms with Crippen molar-refractivity contribution in [1.29, 1.82) is 0 Å². The van der Waals surface area contributed by atoms with Crippen molar-refractivity contribution < 1.29 is 27.4 Å². The Morgan fingerprint density at radius 1 is 1.38 bits per heavy atom. The Morgan fingerprint density at radius 3 is 2.69 bits per heavy atom. The largest absolute Gasteiger partial charge is 0.477 e. The number of hydrogen-bond donors (Lipinski definition) is 1. The lowest BCUT2D eigenvalue weighted by Crippen LogP contribution is -2.38. The summed E-state index contributed by atoms with van der Waals surface area (Å²) < 4.78 is 52.7. The van der Waals surface area contributed by atoms with E-state index in [9.17, 15) is 18.0 Å². The summed E-state index contributed by atoms with van der Waals surface area (Å²) in [5.41, 5.74) is 5.36. The highest BCUT2D eigenvalue weighted by Gasteiger charge is 2.31. The molecule has 1 fully saturated rings. The van der Waals surface area contributed by atoms with Gasteiger partial charge >= 0.3 is 0 Å². The number of aromatic nitrogens is 3. The number of nitrogens with zero attached hydrogens (tertiary/aromatic N) is 3. The van der Waals surface area contributed by atoms with E-state index >= 15 is 0 Å². The molecule has 10 heteroatoms.